The minimum absolute atomic E-state index is 0.115. The number of hydrogen-bond donors (Lipinski definition) is 0. The van der Waals surface area contributed by atoms with E-state index in [1.54, 1.807) is 12.1 Å². The Balaban J connectivity index is 2.03. The van der Waals surface area contributed by atoms with E-state index >= 15 is 0 Å². The predicted octanol–water partition coefficient (Wildman–Crippen LogP) is 1.83. The van der Waals surface area contributed by atoms with Gasteiger partial charge in [-0.2, -0.15) is 10.2 Å². The summed E-state index contributed by atoms with van der Waals surface area (Å²) >= 11 is 0. The molecule has 6 heteroatoms. The lowest BCUT2D eigenvalue weighted by Crippen LogP contribution is -2.51. The zero-order valence-electron chi connectivity index (χ0n) is 10.5. The average molecular weight is 278 g/mol. The topological polar surface area (TPSA) is 68.1 Å². The summed E-state index contributed by atoms with van der Waals surface area (Å²) in [6, 6.07) is 7.29. The molecule has 0 radical (unpaired) electrons. The monoisotopic (exact) mass is 278 g/mol. The Morgan fingerprint density at radius 1 is 1.37 bits per heavy atom. The highest BCUT2D eigenvalue weighted by atomic mass is 32.2. The minimum atomic E-state index is -1.57. The first-order valence-electron chi connectivity index (χ1n) is 6.19. The SMILES string of the molecule is Cc1ccc(S(=O)C23N=NC[C@H]2CCOC3=O)cc1. The molecule has 0 spiro atoms. The molecule has 0 aromatic heterocycles. The highest BCUT2D eigenvalue weighted by Crippen LogP contribution is 2.41. The lowest BCUT2D eigenvalue weighted by atomic mass is 9.95. The quantitative estimate of drug-likeness (QED) is 0.775. The van der Waals surface area contributed by atoms with E-state index in [1.165, 1.54) is 0 Å². The van der Waals surface area contributed by atoms with E-state index in [9.17, 15) is 9.00 Å². The number of carbonyl (C=O) groups excluding carboxylic acids is 1. The molecule has 5 nitrogen and oxygen atoms in total. The lowest BCUT2D eigenvalue weighted by molar-refractivity contribution is -0.152. The standard InChI is InChI=1S/C13H14N2O3S/c1-9-2-4-11(5-3-9)19(17)13-10(8-14-15-13)6-7-18-12(13)16/h2-5,10H,6-8H2,1H3/t10-,13?,19?/m1/s1. The van der Waals surface area contributed by atoms with Crippen molar-refractivity contribution in [3.63, 3.8) is 0 Å². The van der Waals surface area contributed by atoms with Crippen molar-refractivity contribution >= 4 is 16.8 Å². The molecule has 3 atom stereocenters. The maximum Gasteiger partial charge on any atom is 0.349 e. The third-order valence-corrected chi connectivity index (χ3v) is 5.43. The van der Waals surface area contributed by atoms with Crippen molar-refractivity contribution in [3.8, 4) is 0 Å². The molecule has 1 aromatic rings. The molecule has 2 aliphatic rings. The highest BCUT2D eigenvalue weighted by Gasteiger charge is 2.58. The fourth-order valence-corrected chi connectivity index (χ4v) is 4.03. The van der Waals surface area contributed by atoms with Crippen LogP contribution >= 0.6 is 0 Å². The van der Waals surface area contributed by atoms with Crippen LogP contribution in [-0.4, -0.2) is 28.2 Å². The van der Waals surface area contributed by atoms with Gasteiger partial charge in [-0.3, -0.25) is 4.21 Å². The van der Waals surface area contributed by atoms with Crippen LogP contribution in [0.25, 0.3) is 0 Å². The molecule has 0 amide bonds. The van der Waals surface area contributed by atoms with E-state index in [0.29, 0.717) is 24.5 Å². The number of rotatable bonds is 2. The maximum absolute atomic E-state index is 12.8. The van der Waals surface area contributed by atoms with E-state index in [0.717, 1.165) is 5.56 Å². The number of benzene rings is 1. The van der Waals surface area contributed by atoms with Crippen LogP contribution in [0.3, 0.4) is 0 Å². The zero-order chi connectivity index (χ0) is 13.5. The largest absolute Gasteiger partial charge is 0.463 e. The summed E-state index contributed by atoms with van der Waals surface area (Å²) in [4.78, 5) is 11.4. The maximum atomic E-state index is 12.8. The van der Waals surface area contributed by atoms with Gasteiger partial charge in [-0.25, -0.2) is 4.79 Å². The van der Waals surface area contributed by atoms with Crippen molar-refractivity contribution < 1.29 is 13.7 Å². The summed E-state index contributed by atoms with van der Waals surface area (Å²) < 4.78 is 17.9. The second-order valence-electron chi connectivity index (χ2n) is 4.82. The van der Waals surface area contributed by atoms with Gasteiger partial charge in [0.2, 0.25) is 0 Å². The van der Waals surface area contributed by atoms with E-state index in [4.69, 9.17) is 4.74 Å². The van der Waals surface area contributed by atoms with Crippen LogP contribution in [0.2, 0.25) is 0 Å². The van der Waals surface area contributed by atoms with Gasteiger partial charge in [0, 0.05) is 10.8 Å². The Morgan fingerprint density at radius 3 is 2.84 bits per heavy atom. The van der Waals surface area contributed by atoms with Crippen molar-refractivity contribution in [2.24, 2.45) is 16.1 Å². The number of carbonyl (C=O) groups is 1. The summed E-state index contributed by atoms with van der Waals surface area (Å²) in [6.45, 7) is 2.77. The Morgan fingerprint density at radius 2 is 2.11 bits per heavy atom. The molecule has 2 unspecified atom stereocenters. The first kappa shape index (κ1) is 12.5. The van der Waals surface area contributed by atoms with Crippen molar-refractivity contribution in [3.05, 3.63) is 29.8 Å². The van der Waals surface area contributed by atoms with Crippen LogP contribution in [0.4, 0.5) is 0 Å². The number of fused-ring (bicyclic) bond motifs is 1. The second kappa shape index (κ2) is 4.52. The Kier molecular flexibility index (Phi) is 2.97. The van der Waals surface area contributed by atoms with Gasteiger partial charge >= 0.3 is 5.97 Å². The fraction of sp³-hybridized carbons (Fsp3) is 0.462. The first-order valence-corrected chi connectivity index (χ1v) is 7.34. The molecule has 3 rings (SSSR count). The van der Waals surface area contributed by atoms with Gasteiger partial charge in [-0.15, -0.1) is 0 Å². The van der Waals surface area contributed by atoms with Gasteiger partial charge in [0.15, 0.2) is 0 Å². The lowest BCUT2D eigenvalue weighted by Gasteiger charge is -2.32. The van der Waals surface area contributed by atoms with Crippen molar-refractivity contribution in [2.45, 2.75) is 23.1 Å². The van der Waals surface area contributed by atoms with E-state index in [-0.39, 0.29) is 5.92 Å². The smallest absolute Gasteiger partial charge is 0.349 e. The van der Waals surface area contributed by atoms with Gasteiger partial charge in [0.05, 0.1) is 24.0 Å². The molecular formula is C13H14N2O3S. The number of hydrogen-bond acceptors (Lipinski definition) is 5. The number of azo groups is 1. The molecule has 1 fully saturated rings. The van der Waals surface area contributed by atoms with Crippen molar-refractivity contribution in [1.29, 1.82) is 0 Å². The van der Waals surface area contributed by atoms with Crippen LogP contribution in [0, 0.1) is 12.8 Å². The Hall–Kier alpha value is -1.56. The third kappa shape index (κ3) is 1.82. The van der Waals surface area contributed by atoms with Crippen LogP contribution in [0.1, 0.15) is 12.0 Å². The van der Waals surface area contributed by atoms with E-state index in [1.807, 2.05) is 19.1 Å². The first-order chi connectivity index (χ1) is 9.14. The van der Waals surface area contributed by atoms with Gasteiger partial charge in [0.1, 0.15) is 0 Å². The Labute approximate surface area is 113 Å². The van der Waals surface area contributed by atoms with E-state index < -0.39 is 21.6 Å². The minimum Gasteiger partial charge on any atom is -0.463 e. The van der Waals surface area contributed by atoms with Gasteiger partial charge in [-0.05, 0) is 25.5 Å². The molecule has 0 aliphatic carbocycles. The normalized spacial score (nSPS) is 30.8. The fourth-order valence-electron chi connectivity index (χ4n) is 2.45. The van der Waals surface area contributed by atoms with E-state index in [2.05, 4.69) is 10.2 Å². The molecule has 0 N–H and O–H groups in total. The molecule has 2 heterocycles. The summed E-state index contributed by atoms with van der Waals surface area (Å²) in [7, 11) is -1.57. The number of cyclic esters (lactones) is 1. The van der Waals surface area contributed by atoms with Gasteiger partial charge in [-0.1, -0.05) is 17.7 Å². The van der Waals surface area contributed by atoms with Crippen LogP contribution in [-0.2, 0) is 20.3 Å². The number of esters is 1. The summed E-state index contributed by atoms with van der Waals surface area (Å²) in [5, 5.41) is 7.96. The van der Waals surface area contributed by atoms with Gasteiger partial charge < -0.3 is 4.74 Å². The van der Waals surface area contributed by atoms with Crippen molar-refractivity contribution in [1.82, 2.24) is 0 Å². The summed E-state index contributed by atoms with van der Waals surface area (Å²) in [5.74, 6) is -0.625. The second-order valence-corrected chi connectivity index (χ2v) is 6.45. The highest BCUT2D eigenvalue weighted by molar-refractivity contribution is 7.87. The summed E-state index contributed by atoms with van der Waals surface area (Å²) in [5.41, 5.74) is 1.08. The number of ether oxygens (including phenoxy) is 1. The van der Waals surface area contributed by atoms with Crippen LogP contribution in [0.5, 0.6) is 0 Å². The van der Waals surface area contributed by atoms with Crippen molar-refractivity contribution in [2.75, 3.05) is 13.2 Å². The number of nitrogens with zero attached hydrogens (tertiary/aromatic N) is 2. The molecule has 19 heavy (non-hydrogen) atoms. The Bertz CT molecular complexity index is 570. The molecule has 0 saturated carbocycles. The number of aryl methyl sites for hydroxylation is 1. The van der Waals surface area contributed by atoms with Crippen LogP contribution < -0.4 is 0 Å². The predicted molar refractivity (Wildman–Crippen MR) is 69.1 cm³/mol. The average Bonchev–Trinajstić information content (AvgIpc) is 2.85. The molecule has 1 saturated heterocycles. The van der Waals surface area contributed by atoms with Crippen LogP contribution in [0.15, 0.2) is 39.4 Å². The molecule has 2 aliphatic heterocycles. The summed E-state index contributed by atoms with van der Waals surface area (Å²) in [6.07, 6.45) is 0.663. The molecule has 100 valence electrons. The molecule has 0 bridgehead atoms. The molecular weight excluding hydrogens is 264 g/mol. The zero-order valence-corrected chi connectivity index (χ0v) is 11.4. The third-order valence-electron chi connectivity index (χ3n) is 3.58. The van der Waals surface area contributed by atoms with Gasteiger partial charge in [0.25, 0.3) is 4.87 Å². The molecule has 1 aromatic carbocycles.